The van der Waals surface area contributed by atoms with Crippen molar-refractivity contribution in [3.8, 4) is 0 Å². The second-order valence-corrected chi connectivity index (χ2v) is 8.19. The molecule has 2 aliphatic rings. The summed E-state index contributed by atoms with van der Waals surface area (Å²) >= 11 is 1.88. The lowest BCUT2D eigenvalue weighted by molar-refractivity contribution is 0.0598. The maximum Gasteiger partial charge on any atom is 0.213 e. The molecule has 0 aromatic heterocycles. The summed E-state index contributed by atoms with van der Waals surface area (Å²) < 4.78 is 30.6. The van der Waals surface area contributed by atoms with Gasteiger partial charge in [-0.3, -0.25) is 0 Å². The van der Waals surface area contributed by atoms with Gasteiger partial charge in [0.25, 0.3) is 0 Å². The molecule has 2 aliphatic heterocycles. The van der Waals surface area contributed by atoms with Crippen molar-refractivity contribution in [3.05, 3.63) is 0 Å². The molecule has 0 aromatic carbocycles. The first-order chi connectivity index (χ1) is 7.51. The minimum atomic E-state index is -2.98. The van der Waals surface area contributed by atoms with Crippen LogP contribution in [0.15, 0.2) is 0 Å². The minimum Gasteiger partial charge on any atom is -0.378 e. The van der Waals surface area contributed by atoms with Gasteiger partial charge in [0.1, 0.15) is 0 Å². The fourth-order valence-corrected chi connectivity index (χ4v) is 5.31. The Balaban J connectivity index is 1.89. The van der Waals surface area contributed by atoms with Crippen molar-refractivity contribution in [2.45, 2.75) is 31.1 Å². The molecule has 4 nitrogen and oxygen atoms in total. The highest BCUT2D eigenvalue weighted by Crippen LogP contribution is 2.46. The summed E-state index contributed by atoms with van der Waals surface area (Å²) in [5.74, 6) is 1.22. The standard InChI is InChI=1S/C10H19NO3S2/c1-3-14-9-5-10(15-6-9)7-11(8-10)16(12,13)4-2/h9H,3-8H2,1-2H3/t9-/m0/s1. The molecule has 1 atom stereocenters. The smallest absolute Gasteiger partial charge is 0.213 e. The molecule has 2 saturated heterocycles. The molecular formula is C10H19NO3S2. The van der Waals surface area contributed by atoms with E-state index in [4.69, 9.17) is 4.74 Å². The highest BCUT2D eigenvalue weighted by atomic mass is 32.2. The topological polar surface area (TPSA) is 46.6 Å². The summed E-state index contributed by atoms with van der Waals surface area (Å²) in [6.07, 6.45) is 1.32. The molecule has 6 heteroatoms. The molecule has 0 amide bonds. The van der Waals surface area contributed by atoms with Gasteiger partial charge in [-0.15, -0.1) is 11.8 Å². The van der Waals surface area contributed by atoms with Gasteiger partial charge in [-0.25, -0.2) is 8.42 Å². The first kappa shape index (κ1) is 12.7. The lowest BCUT2D eigenvalue weighted by Gasteiger charge is -2.46. The van der Waals surface area contributed by atoms with E-state index in [-0.39, 0.29) is 10.5 Å². The molecule has 0 saturated carbocycles. The van der Waals surface area contributed by atoms with E-state index in [0.29, 0.717) is 19.2 Å². The van der Waals surface area contributed by atoms with Crippen LogP contribution >= 0.6 is 11.8 Å². The molecule has 94 valence electrons. The summed E-state index contributed by atoms with van der Waals surface area (Å²) in [7, 11) is -2.98. The Morgan fingerprint density at radius 2 is 2.12 bits per heavy atom. The van der Waals surface area contributed by atoms with Crippen LogP contribution in [0.2, 0.25) is 0 Å². The highest BCUT2D eigenvalue weighted by molar-refractivity contribution is 8.01. The summed E-state index contributed by atoms with van der Waals surface area (Å²) in [6, 6.07) is 0. The van der Waals surface area contributed by atoms with Gasteiger partial charge in [0.2, 0.25) is 10.0 Å². The molecule has 2 fully saturated rings. The van der Waals surface area contributed by atoms with Crippen molar-refractivity contribution in [2.75, 3.05) is 31.2 Å². The summed E-state index contributed by atoms with van der Waals surface area (Å²) in [5.41, 5.74) is 0. The molecule has 0 bridgehead atoms. The minimum absolute atomic E-state index is 0.155. The highest BCUT2D eigenvalue weighted by Gasteiger charge is 2.52. The Kier molecular flexibility index (Phi) is 3.55. The number of hydrogen-bond acceptors (Lipinski definition) is 4. The Morgan fingerprint density at radius 1 is 1.44 bits per heavy atom. The number of thioether (sulfide) groups is 1. The summed E-state index contributed by atoms with van der Waals surface area (Å²) in [4.78, 5) is 0. The number of hydrogen-bond donors (Lipinski definition) is 0. The zero-order valence-corrected chi connectivity index (χ0v) is 11.4. The Labute approximate surface area is 102 Å². The van der Waals surface area contributed by atoms with Crippen molar-refractivity contribution in [3.63, 3.8) is 0 Å². The third kappa shape index (κ3) is 2.25. The number of ether oxygens (including phenoxy) is 1. The SMILES string of the molecule is CCO[C@@H]1CSC2(C1)CN(S(=O)(=O)CC)C2. The average Bonchev–Trinajstić information content (AvgIpc) is 2.60. The Bertz CT molecular complexity index is 349. The van der Waals surface area contributed by atoms with Gasteiger partial charge in [0.05, 0.1) is 11.9 Å². The van der Waals surface area contributed by atoms with Gasteiger partial charge in [0, 0.05) is 30.2 Å². The van der Waals surface area contributed by atoms with Crippen LogP contribution in [0.1, 0.15) is 20.3 Å². The van der Waals surface area contributed by atoms with Crippen LogP contribution < -0.4 is 0 Å². The fourth-order valence-electron chi connectivity index (χ4n) is 2.34. The molecule has 0 unspecified atom stereocenters. The van der Waals surface area contributed by atoms with Gasteiger partial charge in [0.15, 0.2) is 0 Å². The first-order valence-corrected chi connectivity index (χ1v) is 8.34. The van der Waals surface area contributed by atoms with Crippen molar-refractivity contribution < 1.29 is 13.2 Å². The van der Waals surface area contributed by atoms with Gasteiger partial charge in [-0.1, -0.05) is 0 Å². The number of sulfonamides is 1. The van der Waals surface area contributed by atoms with Crippen molar-refractivity contribution in [1.29, 1.82) is 0 Å². The molecule has 0 aromatic rings. The van der Waals surface area contributed by atoms with Gasteiger partial charge < -0.3 is 4.74 Å². The van der Waals surface area contributed by atoms with Crippen LogP contribution in [0, 0.1) is 0 Å². The van der Waals surface area contributed by atoms with Crippen LogP contribution in [0.3, 0.4) is 0 Å². The molecule has 2 heterocycles. The zero-order chi connectivity index (χ0) is 11.8. The summed E-state index contributed by atoms with van der Waals surface area (Å²) in [6.45, 7) is 5.81. The van der Waals surface area contributed by atoms with Crippen LogP contribution in [0.25, 0.3) is 0 Å². The molecule has 0 aliphatic carbocycles. The van der Waals surface area contributed by atoms with E-state index in [1.165, 1.54) is 0 Å². The normalized spacial score (nSPS) is 29.5. The average molecular weight is 265 g/mol. The van der Waals surface area contributed by atoms with E-state index >= 15 is 0 Å². The number of rotatable bonds is 4. The fraction of sp³-hybridized carbons (Fsp3) is 1.00. The Hall–Kier alpha value is 0.220. The van der Waals surface area contributed by atoms with Crippen molar-refractivity contribution >= 4 is 21.8 Å². The molecule has 1 spiro atoms. The third-order valence-corrected chi connectivity index (χ3v) is 6.61. The largest absolute Gasteiger partial charge is 0.378 e. The molecule has 2 rings (SSSR count). The monoisotopic (exact) mass is 265 g/mol. The summed E-state index contributed by atoms with van der Waals surface area (Å²) in [5, 5.41) is 0. The molecule has 0 radical (unpaired) electrons. The van der Waals surface area contributed by atoms with Crippen LogP contribution in [0.4, 0.5) is 0 Å². The first-order valence-electron chi connectivity index (χ1n) is 5.75. The van der Waals surface area contributed by atoms with Gasteiger partial charge >= 0.3 is 0 Å². The molecule has 0 N–H and O–H groups in total. The van der Waals surface area contributed by atoms with Crippen LogP contribution in [-0.2, 0) is 14.8 Å². The van der Waals surface area contributed by atoms with E-state index in [9.17, 15) is 8.42 Å². The third-order valence-electron chi connectivity index (χ3n) is 3.26. The maximum atomic E-state index is 11.6. The van der Waals surface area contributed by atoms with E-state index in [1.807, 2.05) is 18.7 Å². The predicted octanol–water partition coefficient (Wildman–Crippen LogP) is 0.932. The lowest BCUT2D eigenvalue weighted by atomic mass is 9.95. The van der Waals surface area contributed by atoms with Crippen molar-refractivity contribution in [2.24, 2.45) is 0 Å². The maximum absolute atomic E-state index is 11.6. The van der Waals surface area contributed by atoms with E-state index in [2.05, 4.69) is 0 Å². The van der Waals surface area contributed by atoms with Gasteiger partial charge in [-0.05, 0) is 20.3 Å². The second kappa shape index (κ2) is 4.48. The Morgan fingerprint density at radius 3 is 2.69 bits per heavy atom. The van der Waals surface area contributed by atoms with Crippen molar-refractivity contribution in [1.82, 2.24) is 4.31 Å². The molecule has 16 heavy (non-hydrogen) atoms. The zero-order valence-electron chi connectivity index (χ0n) is 9.81. The van der Waals surface area contributed by atoms with E-state index < -0.39 is 10.0 Å². The number of nitrogens with zero attached hydrogens (tertiary/aromatic N) is 1. The quantitative estimate of drug-likeness (QED) is 0.759. The van der Waals surface area contributed by atoms with E-state index in [0.717, 1.165) is 18.8 Å². The molecular weight excluding hydrogens is 246 g/mol. The lowest BCUT2D eigenvalue weighted by Crippen LogP contribution is -2.60. The van der Waals surface area contributed by atoms with Crippen LogP contribution in [-0.4, -0.2) is 54.8 Å². The van der Waals surface area contributed by atoms with E-state index in [1.54, 1.807) is 11.2 Å². The van der Waals surface area contributed by atoms with Gasteiger partial charge in [-0.2, -0.15) is 4.31 Å². The second-order valence-electron chi connectivity index (χ2n) is 4.44. The predicted molar refractivity (Wildman–Crippen MR) is 66.3 cm³/mol. The van der Waals surface area contributed by atoms with Crippen LogP contribution in [0.5, 0.6) is 0 Å².